The summed E-state index contributed by atoms with van der Waals surface area (Å²) in [6, 6.07) is 13.9. The van der Waals surface area contributed by atoms with Crippen molar-refractivity contribution in [3.05, 3.63) is 64.7 Å². The second-order valence-corrected chi connectivity index (χ2v) is 11.8. The molecule has 36 heavy (non-hydrogen) atoms. The minimum Gasteiger partial charge on any atom is -0.507 e. The summed E-state index contributed by atoms with van der Waals surface area (Å²) in [7, 11) is 0. The lowest BCUT2D eigenvalue weighted by molar-refractivity contribution is 0.0915. The number of phenolic OH excluding ortho intramolecular Hbond substituents is 1. The summed E-state index contributed by atoms with van der Waals surface area (Å²) in [6.07, 6.45) is 0.768. The van der Waals surface area contributed by atoms with E-state index < -0.39 is 0 Å². The van der Waals surface area contributed by atoms with Crippen molar-refractivity contribution in [2.45, 2.75) is 65.7 Å². The Morgan fingerprint density at radius 3 is 2.11 bits per heavy atom. The monoisotopic (exact) mass is 558 g/mol. The van der Waals surface area contributed by atoms with Crippen LogP contribution < -0.4 is 0 Å². The van der Waals surface area contributed by atoms with E-state index >= 15 is 0 Å². The molecule has 2 aromatic carbocycles. The molecule has 1 heterocycles. The second-order valence-electron chi connectivity index (χ2n) is 11.8. The Kier molecular flexibility index (Phi) is 9.94. The van der Waals surface area contributed by atoms with Crippen molar-refractivity contribution in [3.8, 4) is 5.75 Å². The highest BCUT2D eigenvalue weighted by Gasteiger charge is 2.38. The molecule has 0 aromatic heterocycles. The van der Waals surface area contributed by atoms with Crippen LogP contribution in [0.3, 0.4) is 0 Å². The van der Waals surface area contributed by atoms with E-state index in [-0.39, 0.29) is 57.7 Å². The quantitative estimate of drug-likeness (QED) is 0.360. The molecule has 2 atom stereocenters. The molecule has 0 amide bonds. The molecular formula is C30H43BrN2O3. The number of ether oxygens (including phenoxy) is 1. The molecule has 1 saturated heterocycles. The third-order valence-electron chi connectivity index (χ3n) is 6.93. The van der Waals surface area contributed by atoms with Crippen molar-refractivity contribution in [2.24, 2.45) is 11.8 Å². The lowest BCUT2D eigenvalue weighted by Crippen LogP contribution is -2.33. The van der Waals surface area contributed by atoms with E-state index in [0.29, 0.717) is 31.2 Å². The van der Waals surface area contributed by atoms with E-state index in [4.69, 9.17) is 10.1 Å². The molecule has 0 radical (unpaired) electrons. The molecule has 1 aliphatic rings. The predicted octanol–water partition coefficient (Wildman–Crippen LogP) is 6.55. The predicted molar refractivity (Wildman–Crippen MR) is 153 cm³/mol. The Bertz CT molecular complexity index is 1020. The van der Waals surface area contributed by atoms with Gasteiger partial charge >= 0.3 is 0 Å². The van der Waals surface area contributed by atoms with Crippen LogP contribution in [-0.4, -0.2) is 47.9 Å². The van der Waals surface area contributed by atoms with Crippen LogP contribution >= 0.6 is 17.0 Å². The van der Waals surface area contributed by atoms with E-state index in [9.17, 15) is 9.90 Å². The van der Waals surface area contributed by atoms with Gasteiger partial charge in [0.15, 0.2) is 5.78 Å². The van der Waals surface area contributed by atoms with Crippen LogP contribution in [0.15, 0.2) is 42.5 Å². The van der Waals surface area contributed by atoms with Crippen LogP contribution in [0.2, 0.25) is 0 Å². The van der Waals surface area contributed by atoms with Gasteiger partial charge in [-0.1, -0.05) is 71.9 Å². The number of rotatable bonds is 8. The van der Waals surface area contributed by atoms with Crippen LogP contribution in [0.1, 0.15) is 75.5 Å². The maximum Gasteiger partial charge on any atom is 0.182 e. The highest BCUT2D eigenvalue weighted by Crippen LogP contribution is 2.40. The van der Waals surface area contributed by atoms with Gasteiger partial charge in [-0.05, 0) is 41.9 Å². The van der Waals surface area contributed by atoms with Gasteiger partial charge in [0.2, 0.25) is 0 Å². The van der Waals surface area contributed by atoms with Crippen LogP contribution in [0.4, 0.5) is 0 Å². The van der Waals surface area contributed by atoms with E-state index in [1.54, 1.807) is 0 Å². The van der Waals surface area contributed by atoms with Gasteiger partial charge in [-0.15, -0.1) is 17.0 Å². The average Bonchev–Trinajstić information content (AvgIpc) is 3.05. The third-order valence-corrected chi connectivity index (χ3v) is 6.93. The van der Waals surface area contributed by atoms with Crippen molar-refractivity contribution in [3.63, 3.8) is 0 Å². The first kappa shape index (κ1) is 30.0. The molecule has 1 fully saturated rings. The van der Waals surface area contributed by atoms with Gasteiger partial charge in [0.25, 0.3) is 0 Å². The van der Waals surface area contributed by atoms with Crippen molar-refractivity contribution >= 4 is 28.6 Å². The second kappa shape index (κ2) is 11.9. The zero-order chi connectivity index (χ0) is 26.0. The van der Waals surface area contributed by atoms with Crippen LogP contribution in [-0.2, 0) is 22.0 Å². The summed E-state index contributed by atoms with van der Waals surface area (Å²) in [5, 5.41) is 19.9. The number of carbonyl (C=O) groups is 1. The van der Waals surface area contributed by atoms with Crippen molar-refractivity contribution < 1.29 is 14.6 Å². The SMILES string of the molecule is Br.CCOC[C@H]1CN(CC(=O)c2cc(C(C)(C)C)c(O)c(C(C)(C)C)c2)C(=N)[C@@H]1Cc1ccccc1. The normalized spacial score (nSPS) is 18.3. The molecule has 0 saturated carbocycles. The minimum atomic E-state index is -0.301. The standard InChI is InChI=1S/C30H42N2O3.BrH/c1-8-35-19-22-17-32(28(31)23(22)14-20-12-10-9-11-13-20)18-26(33)21-15-24(29(2,3)4)27(34)25(16-21)30(5,6)7;/h9-13,15-16,22-23,31,34H,8,14,17-19H2,1-7H3;1H/t22-,23-;/m1./s1. The Hall–Kier alpha value is -2.18. The van der Waals surface area contributed by atoms with E-state index in [0.717, 1.165) is 17.5 Å². The molecule has 0 aliphatic carbocycles. The van der Waals surface area contributed by atoms with Crippen molar-refractivity contribution in [2.75, 3.05) is 26.3 Å². The smallest absolute Gasteiger partial charge is 0.182 e. The van der Waals surface area contributed by atoms with Crippen LogP contribution in [0.25, 0.3) is 0 Å². The molecule has 0 unspecified atom stereocenters. The highest BCUT2D eigenvalue weighted by atomic mass is 79.9. The summed E-state index contributed by atoms with van der Waals surface area (Å²) in [4.78, 5) is 15.5. The van der Waals surface area contributed by atoms with Crippen molar-refractivity contribution in [1.82, 2.24) is 4.90 Å². The summed E-state index contributed by atoms with van der Waals surface area (Å²) in [5.74, 6) is 0.951. The number of hydrogen-bond donors (Lipinski definition) is 2. The molecule has 5 nitrogen and oxygen atoms in total. The summed E-state index contributed by atoms with van der Waals surface area (Å²) in [5.41, 5.74) is 2.74. The fourth-order valence-corrected chi connectivity index (χ4v) is 4.89. The largest absolute Gasteiger partial charge is 0.507 e. The first-order valence-corrected chi connectivity index (χ1v) is 12.7. The summed E-state index contributed by atoms with van der Waals surface area (Å²) < 4.78 is 5.76. The zero-order valence-electron chi connectivity index (χ0n) is 22.9. The van der Waals surface area contributed by atoms with Crippen LogP contribution in [0.5, 0.6) is 5.75 Å². The number of benzene rings is 2. The average molecular weight is 560 g/mol. The maximum atomic E-state index is 13.6. The number of phenols is 1. The van der Waals surface area contributed by atoms with Gasteiger partial charge in [0, 0.05) is 41.7 Å². The van der Waals surface area contributed by atoms with E-state index in [2.05, 4.69) is 12.1 Å². The number of likely N-dealkylation sites (tertiary alicyclic amines) is 1. The van der Waals surface area contributed by atoms with Gasteiger partial charge in [-0.25, -0.2) is 0 Å². The number of Topliss-reactive ketones (excluding diaryl/α,β-unsaturated/α-hetero) is 1. The first-order chi connectivity index (χ1) is 16.3. The first-order valence-electron chi connectivity index (χ1n) is 12.7. The maximum absolute atomic E-state index is 13.6. The third kappa shape index (κ3) is 6.98. The molecule has 198 valence electrons. The van der Waals surface area contributed by atoms with Crippen molar-refractivity contribution in [1.29, 1.82) is 5.41 Å². The number of ketones is 1. The van der Waals surface area contributed by atoms with Gasteiger partial charge in [0.05, 0.1) is 13.2 Å². The summed E-state index contributed by atoms with van der Waals surface area (Å²) >= 11 is 0. The zero-order valence-corrected chi connectivity index (χ0v) is 24.6. The Balaban J connectivity index is 0.00000456. The molecule has 1 aliphatic heterocycles. The number of halogens is 1. The topological polar surface area (TPSA) is 73.6 Å². The molecule has 3 rings (SSSR count). The molecular weight excluding hydrogens is 516 g/mol. The molecule has 2 N–H and O–H groups in total. The number of hydrogen-bond acceptors (Lipinski definition) is 4. The number of nitrogens with one attached hydrogen (secondary N) is 1. The molecule has 6 heteroatoms. The van der Waals surface area contributed by atoms with Gasteiger partial charge in [-0.2, -0.15) is 0 Å². The Morgan fingerprint density at radius 2 is 1.61 bits per heavy atom. The van der Waals surface area contributed by atoms with Gasteiger partial charge < -0.3 is 14.7 Å². The Labute approximate surface area is 227 Å². The lowest BCUT2D eigenvalue weighted by atomic mass is 9.78. The molecule has 2 aromatic rings. The number of carbonyl (C=O) groups excluding carboxylic acids is 1. The number of nitrogens with zero attached hydrogens (tertiary/aromatic N) is 1. The van der Waals surface area contributed by atoms with Crippen LogP contribution in [0, 0.1) is 17.2 Å². The minimum absolute atomic E-state index is 0. The fraction of sp³-hybridized carbons (Fsp3) is 0.533. The fourth-order valence-electron chi connectivity index (χ4n) is 4.89. The molecule has 0 spiro atoms. The lowest BCUT2D eigenvalue weighted by Gasteiger charge is -2.28. The highest BCUT2D eigenvalue weighted by molar-refractivity contribution is 8.93. The Morgan fingerprint density at radius 1 is 1.06 bits per heavy atom. The van der Waals surface area contributed by atoms with Gasteiger partial charge in [-0.3, -0.25) is 10.2 Å². The number of aromatic hydroxyl groups is 1. The molecule has 0 bridgehead atoms. The van der Waals surface area contributed by atoms with Gasteiger partial charge in [0.1, 0.15) is 11.6 Å². The number of amidine groups is 1. The van der Waals surface area contributed by atoms with E-state index in [1.165, 1.54) is 5.56 Å². The summed E-state index contributed by atoms with van der Waals surface area (Å²) in [6.45, 7) is 16.3. The van der Waals surface area contributed by atoms with E-state index in [1.807, 2.05) is 83.7 Å².